The van der Waals surface area contributed by atoms with Crippen LogP contribution in [-0.4, -0.2) is 307 Å². The predicted molar refractivity (Wildman–Crippen MR) is 302 cm³/mol. The maximum Gasteiger partial charge on any atom is 0.474 e. The number of carboxylic acids is 1. The van der Waals surface area contributed by atoms with Crippen LogP contribution in [0.25, 0.3) is 0 Å². The van der Waals surface area contributed by atoms with E-state index in [9.17, 15) is 94.4 Å². The molecule has 0 aromatic rings. The van der Waals surface area contributed by atoms with Gasteiger partial charge in [0.25, 0.3) is 0 Å². The average molecular weight is 1360 g/mol. The molecule has 5 heterocycles. The summed E-state index contributed by atoms with van der Waals surface area (Å²) in [4.78, 5) is 89.7. The molecule has 0 saturated carbocycles. The second-order valence-corrected chi connectivity index (χ2v) is 24.6. The van der Waals surface area contributed by atoms with Crippen molar-refractivity contribution in [3.05, 3.63) is 0 Å². The highest BCUT2D eigenvalue weighted by atomic mass is 31.2. The molecular formula is C53H93N6O32P. The van der Waals surface area contributed by atoms with Crippen LogP contribution in [0.15, 0.2) is 0 Å². The summed E-state index contributed by atoms with van der Waals surface area (Å²) in [5.74, 6) is -6.33. The molecule has 27 atom stereocenters. The normalized spacial score (nSPS) is 38.6. The van der Waals surface area contributed by atoms with Crippen LogP contribution in [0.2, 0.25) is 0 Å². The number of carbonyl (C=O) groups is 6. The molecule has 0 spiro atoms. The third kappa shape index (κ3) is 20.9. The number of aliphatic hydroxyl groups is 10. The number of nitrogens with one attached hydrogen (secondary N) is 2. The molecule has 92 heavy (non-hydrogen) atoms. The molecule has 1 unspecified atom stereocenters. The van der Waals surface area contributed by atoms with Crippen LogP contribution in [0.3, 0.4) is 0 Å². The molecule has 0 bridgehead atoms. The summed E-state index contributed by atoms with van der Waals surface area (Å²) < 4.78 is 88.3. The smallest absolute Gasteiger partial charge is 0.474 e. The number of hydrogen-bond donors (Lipinski definition) is 17. The topological polar surface area (TPSA) is 588 Å². The minimum atomic E-state index is -5.79. The largest absolute Gasteiger partial charge is 0.479 e. The summed E-state index contributed by atoms with van der Waals surface area (Å²) in [6, 6.07) is -3.88. The van der Waals surface area contributed by atoms with Gasteiger partial charge in [-0.2, -0.15) is 0 Å². The highest BCUT2D eigenvalue weighted by molar-refractivity contribution is 7.47. The van der Waals surface area contributed by atoms with Crippen LogP contribution in [-0.2, 0) is 89.7 Å². The van der Waals surface area contributed by atoms with Crippen molar-refractivity contribution in [1.29, 1.82) is 0 Å². The van der Waals surface area contributed by atoms with E-state index in [2.05, 4.69) is 29.4 Å². The van der Waals surface area contributed by atoms with E-state index in [1.165, 1.54) is 6.92 Å². The fourth-order valence-corrected chi connectivity index (χ4v) is 11.9. The van der Waals surface area contributed by atoms with Gasteiger partial charge in [-0.15, -0.1) is 0 Å². The Bertz CT molecular complexity index is 2420. The zero-order valence-electron chi connectivity index (χ0n) is 51.7. The first-order valence-electron chi connectivity index (χ1n) is 30.1. The number of amides is 5. The van der Waals surface area contributed by atoms with Crippen molar-refractivity contribution >= 4 is 43.5 Å². The number of rotatable bonds is 35. The number of carboxylic acid groups (broad SMARTS) is 1. The highest BCUT2D eigenvalue weighted by Crippen LogP contribution is 2.49. The van der Waals surface area contributed by atoms with E-state index < -0.39 is 222 Å². The molecule has 5 amide bonds. The predicted octanol–water partition coefficient (Wildman–Crippen LogP) is -7.06. The molecule has 5 fully saturated rings. The summed E-state index contributed by atoms with van der Waals surface area (Å²) in [6.07, 6.45) is -41.5. The lowest BCUT2D eigenvalue weighted by molar-refractivity contribution is -0.375. The fraction of sp³-hybridized carbons (Fsp3) is 0.887. The average Bonchev–Trinajstić information content (AvgIpc) is 0.770. The van der Waals surface area contributed by atoms with Crippen molar-refractivity contribution in [2.24, 2.45) is 17.2 Å². The maximum atomic E-state index is 14.0. The summed E-state index contributed by atoms with van der Waals surface area (Å²) in [5.41, 5.74) is 13.5. The van der Waals surface area contributed by atoms with Crippen LogP contribution in [0.4, 0.5) is 4.79 Å². The zero-order valence-corrected chi connectivity index (χ0v) is 52.6. The number of primary amides is 3. The van der Waals surface area contributed by atoms with Crippen molar-refractivity contribution in [2.45, 2.75) is 252 Å². The molecule has 5 aliphatic rings. The third-order valence-corrected chi connectivity index (χ3v) is 16.9. The second kappa shape index (κ2) is 35.8. The molecule has 38 nitrogen and oxygen atoms in total. The van der Waals surface area contributed by atoms with Crippen molar-refractivity contribution < 1.29 is 156 Å². The molecule has 5 aliphatic heterocycles. The zero-order chi connectivity index (χ0) is 68.7. The van der Waals surface area contributed by atoms with E-state index in [1.807, 2.05) is 0 Å². The molecule has 5 rings (SSSR count). The Balaban J connectivity index is 1.51. The van der Waals surface area contributed by atoms with Crippen LogP contribution < -0.4 is 27.8 Å². The summed E-state index contributed by atoms with van der Waals surface area (Å²) >= 11 is 0. The lowest BCUT2D eigenvalue weighted by Crippen LogP contribution is -2.72. The highest BCUT2D eigenvalue weighted by Gasteiger charge is 2.62. The Morgan fingerprint density at radius 1 is 0.630 bits per heavy atom. The third-order valence-electron chi connectivity index (χ3n) is 15.9. The molecule has 0 aromatic heterocycles. The lowest BCUT2D eigenvalue weighted by atomic mass is 9.85. The first kappa shape index (κ1) is 78.6. The van der Waals surface area contributed by atoms with Crippen LogP contribution in [0.5, 0.6) is 0 Å². The van der Waals surface area contributed by atoms with E-state index in [0.717, 1.165) is 72.1 Å². The Hall–Kier alpha value is -4.11. The van der Waals surface area contributed by atoms with Crippen LogP contribution >= 0.6 is 7.82 Å². The van der Waals surface area contributed by atoms with Crippen molar-refractivity contribution in [3.8, 4) is 0 Å². The number of ether oxygens (including phenoxy) is 11. The van der Waals surface area contributed by atoms with Crippen molar-refractivity contribution in [3.63, 3.8) is 0 Å². The Kier molecular flexibility index (Phi) is 30.5. The number of nitrogens with two attached hydrogens (primary N) is 3. The number of nitrogens with zero attached hydrogens (tertiary/aromatic N) is 1. The molecule has 0 radical (unpaired) electrons. The molecule has 39 heteroatoms. The van der Waals surface area contributed by atoms with Gasteiger partial charge < -0.3 is 146 Å². The number of phosphoric ester groups is 1. The van der Waals surface area contributed by atoms with Gasteiger partial charge in [-0.05, 0) is 39.8 Å². The molecule has 0 aromatic carbocycles. The number of hydrogen-bond acceptors (Lipinski definition) is 31. The number of carbonyl (C=O) groups excluding carboxylic acids is 5. The first-order chi connectivity index (χ1) is 43.2. The van der Waals surface area contributed by atoms with E-state index in [0.29, 0.717) is 13.1 Å². The van der Waals surface area contributed by atoms with Crippen molar-refractivity contribution in [1.82, 2.24) is 15.5 Å². The Morgan fingerprint density at radius 2 is 1.16 bits per heavy atom. The van der Waals surface area contributed by atoms with E-state index in [4.69, 9.17) is 78.4 Å². The minimum absolute atomic E-state index is 0.173. The van der Waals surface area contributed by atoms with Crippen molar-refractivity contribution in [2.75, 3.05) is 46.1 Å². The molecule has 5 saturated heterocycles. The van der Waals surface area contributed by atoms with E-state index in [-0.39, 0.29) is 13.2 Å². The van der Waals surface area contributed by atoms with Crippen LogP contribution in [0.1, 0.15) is 92.9 Å². The maximum absolute atomic E-state index is 14.0. The van der Waals surface area contributed by atoms with Gasteiger partial charge in [0.05, 0.1) is 32.5 Å². The van der Waals surface area contributed by atoms with Gasteiger partial charge >= 0.3 is 19.9 Å². The first-order valence-corrected chi connectivity index (χ1v) is 31.6. The number of aliphatic hydroxyl groups excluding tert-OH is 9. The van der Waals surface area contributed by atoms with Gasteiger partial charge in [0.1, 0.15) is 90.9 Å². The van der Waals surface area contributed by atoms with Gasteiger partial charge in [-0.25, -0.2) is 14.2 Å². The standard InChI is InChI=1S/C53H93N6O32P/c1-7-9-11-13-15-59(16-14-12-10-8-2)17-18-79-27(46(73)74)21-81-92(77,78)91-51-41(42(90-52(56)75)53(6,76)43(89-51)45(55)72)88-48-29(58-24(5)62)32(65)39(26(84-48)20-80-49-36(69)33(66)30(63)25(19-60)83-49)86-47-28(57-23(4)61)31(64)38(22(3)82-47)85-50-37(70)34(67)35(68)40(87-50)44(54)71/h22,25-43,47-51,60,63-70,76H,7-21H2,1-6H3,(H2,54,71)(H2,55,72)(H2,56,75)(H,57,61)(H,58,62)(H,73,74)(H,77,78)/t22-,25-,26-,27-,28-,29-,30-,31-,32-,33+,34+,35-,36-,37-,38-,39-,40+,41-,42-,43-,47+,48+,49-,50-,51-,53+/m1/s1. The summed E-state index contributed by atoms with van der Waals surface area (Å²) in [6.45, 7) is 6.43. The Labute approximate surface area is 528 Å². The van der Waals surface area contributed by atoms with Gasteiger partial charge in [-0.1, -0.05) is 52.4 Å². The molecule has 20 N–H and O–H groups in total. The number of unbranched alkanes of at least 4 members (excludes halogenated alkanes) is 6. The number of phosphoric acid groups is 1. The monoisotopic (exact) mass is 1360 g/mol. The van der Waals surface area contributed by atoms with Gasteiger partial charge in [-0.3, -0.25) is 28.2 Å². The Morgan fingerprint density at radius 3 is 1.70 bits per heavy atom. The van der Waals surface area contributed by atoms with E-state index in [1.54, 1.807) is 0 Å². The van der Waals surface area contributed by atoms with Gasteiger partial charge in [0.15, 0.2) is 62.0 Å². The van der Waals surface area contributed by atoms with Crippen LogP contribution in [0, 0.1) is 0 Å². The molecule has 0 aliphatic carbocycles. The second-order valence-electron chi connectivity index (χ2n) is 23.2. The molecule has 532 valence electrons. The lowest BCUT2D eigenvalue weighted by Gasteiger charge is -2.52. The molecular weight excluding hydrogens is 1260 g/mol. The van der Waals surface area contributed by atoms with E-state index >= 15 is 0 Å². The van der Waals surface area contributed by atoms with Gasteiger partial charge in [0.2, 0.25) is 23.6 Å². The minimum Gasteiger partial charge on any atom is -0.479 e. The fourth-order valence-electron chi connectivity index (χ4n) is 11.1. The summed E-state index contributed by atoms with van der Waals surface area (Å²) in [7, 11) is -5.79. The SMILES string of the molecule is CCCCCCN(CCCCCC)CCO[C@H](COP(=O)(O)O[C@H]1O[C@H](C(N)=O)[C@@](C)(O)[C@H](OC(N)=O)[C@H]1O[C@@H]1O[C@H](CO[C@@H]2O[C@H](CO)[C@@H](O)[C@H](O)[C@H]2O)[C@@H](O[C@@H]2O[C@H](C)[C@@H](O[C@@H]3O[C@H](C(N)=O)[C@H](O)[C@H](O)[C@H]3O)[C@H](O)[C@H]2NC(C)=O)[C@H](O)[C@H]1NC(C)=O)C(=O)O. The summed E-state index contributed by atoms with van der Waals surface area (Å²) in [5, 5.41) is 125. The number of aliphatic carboxylic acids is 1. The quantitative estimate of drug-likeness (QED) is 0.0207. The van der Waals surface area contributed by atoms with Gasteiger partial charge in [0, 0.05) is 20.4 Å².